The normalized spacial score (nSPS) is 10.2. The van der Waals surface area contributed by atoms with Gasteiger partial charge in [0.25, 0.3) is 5.91 Å². The first-order chi connectivity index (χ1) is 9.43. The molecule has 5 heteroatoms. The number of aliphatic carboxylic acids is 1. The summed E-state index contributed by atoms with van der Waals surface area (Å²) in [6, 6.07) is 6.64. The van der Waals surface area contributed by atoms with Crippen molar-refractivity contribution in [2.24, 2.45) is 0 Å². The number of nitrogens with zero attached hydrogens (tertiary/aromatic N) is 1. The van der Waals surface area contributed by atoms with Crippen molar-refractivity contribution in [3.63, 3.8) is 0 Å². The smallest absolute Gasteiger partial charge is 0.323 e. The summed E-state index contributed by atoms with van der Waals surface area (Å²) in [4.78, 5) is 24.1. The highest BCUT2D eigenvalue weighted by Gasteiger charge is 2.17. The van der Waals surface area contributed by atoms with E-state index in [1.807, 2.05) is 13.8 Å². The maximum absolute atomic E-state index is 12.2. The van der Waals surface area contributed by atoms with Gasteiger partial charge in [0.05, 0.1) is 6.10 Å². The molecule has 0 spiro atoms. The standard InChI is InChI=1S/C15H19NO4/c1-4-9-16(10-14(17)18)15(19)12-5-7-13(8-6-12)20-11(2)3/h4-8,11H,1,9-10H2,2-3H3,(H,17,18). The molecule has 0 unspecified atom stereocenters. The van der Waals surface area contributed by atoms with Crippen LogP contribution in [0.2, 0.25) is 0 Å². The molecule has 0 fully saturated rings. The van der Waals surface area contributed by atoms with Gasteiger partial charge in [0, 0.05) is 12.1 Å². The molecule has 5 nitrogen and oxygen atoms in total. The molecule has 1 aromatic rings. The van der Waals surface area contributed by atoms with Gasteiger partial charge in [-0.2, -0.15) is 0 Å². The number of hydrogen-bond acceptors (Lipinski definition) is 3. The van der Waals surface area contributed by atoms with Crippen LogP contribution in [0, 0.1) is 0 Å². The van der Waals surface area contributed by atoms with Crippen LogP contribution in [0.25, 0.3) is 0 Å². The number of benzene rings is 1. The number of carbonyl (C=O) groups is 2. The monoisotopic (exact) mass is 277 g/mol. The van der Waals surface area contributed by atoms with Crippen molar-refractivity contribution in [2.45, 2.75) is 20.0 Å². The van der Waals surface area contributed by atoms with E-state index in [4.69, 9.17) is 9.84 Å². The highest BCUT2D eigenvalue weighted by molar-refractivity contribution is 5.96. The summed E-state index contributed by atoms with van der Waals surface area (Å²) in [5.74, 6) is -0.728. The van der Waals surface area contributed by atoms with E-state index in [-0.39, 0.29) is 25.1 Å². The fraction of sp³-hybridized carbons (Fsp3) is 0.333. The van der Waals surface area contributed by atoms with Crippen molar-refractivity contribution in [1.82, 2.24) is 4.90 Å². The molecule has 108 valence electrons. The van der Waals surface area contributed by atoms with E-state index in [1.54, 1.807) is 24.3 Å². The lowest BCUT2D eigenvalue weighted by Crippen LogP contribution is -2.35. The molecule has 0 aromatic heterocycles. The summed E-state index contributed by atoms with van der Waals surface area (Å²) in [5.41, 5.74) is 0.421. The zero-order valence-electron chi connectivity index (χ0n) is 11.7. The highest BCUT2D eigenvalue weighted by atomic mass is 16.5. The van der Waals surface area contributed by atoms with Crippen molar-refractivity contribution in [3.05, 3.63) is 42.5 Å². The topological polar surface area (TPSA) is 66.8 Å². The first-order valence-electron chi connectivity index (χ1n) is 6.32. The zero-order valence-corrected chi connectivity index (χ0v) is 11.7. The second kappa shape index (κ2) is 7.33. The lowest BCUT2D eigenvalue weighted by molar-refractivity contribution is -0.137. The Morgan fingerprint density at radius 1 is 1.35 bits per heavy atom. The quantitative estimate of drug-likeness (QED) is 0.776. The molecule has 0 aliphatic carbocycles. The Hall–Kier alpha value is -2.30. The van der Waals surface area contributed by atoms with E-state index in [0.29, 0.717) is 11.3 Å². The van der Waals surface area contributed by atoms with Gasteiger partial charge in [-0.25, -0.2) is 0 Å². The summed E-state index contributed by atoms with van der Waals surface area (Å²) in [7, 11) is 0. The first kappa shape index (κ1) is 15.8. The van der Waals surface area contributed by atoms with Crippen LogP contribution in [0.3, 0.4) is 0 Å². The van der Waals surface area contributed by atoms with Crippen LogP contribution in [0.5, 0.6) is 5.75 Å². The molecule has 0 radical (unpaired) electrons. The van der Waals surface area contributed by atoms with E-state index < -0.39 is 5.97 Å². The predicted molar refractivity (Wildman–Crippen MR) is 75.9 cm³/mol. The molecule has 0 saturated heterocycles. The van der Waals surface area contributed by atoms with E-state index in [1.165, 1.54) is 11.0 Å². The Morgan fingerprint density at radius 2 is 1.95 bits per heavy atom. The van der Waals surface area contributed by atoms with Gasteiger partial charge in [0.2, 0.25) is 0 Å². The van der Waals surface area contributed by atoms with Crippen LogP contribution < -0.4 is 4.74 Å². The summed E-state index contributed by atoms with van der Waals surface area (Å²) in [6.45, 7) is 7.19. The Morgan fingerprint density at radius 3 is 2.40 bits per heavy atom. The van der Waals surface area contributed by atoms with Gasteiger partial charge in [0.1, 0.15) is 12.3 Å². The van der Waals surface area contributed by atoms with Gasteiger partial charge in [-0.05, 0) is 38.1 Å². The fourth-order valence-electron chi connectivity index (χ4n) is 1.67. The maximum atomic E-state index is 12.2. The number of amides is 1. The minimum absolute atomic E-state index is 0.0563. The van der Waals surface area contributed by atoms with E-state index in [0.717, 1.165) is 0 Å². The van der Waals surface area contributed by atoms with E-state index in [9.17, 15) is 9.59 Å². The Labute approximate surface area is 118 Å². The molecule has 0 heterocycles. The zero-order chi connectivity index (χ0) is 15.1. The largest absolute Gasteiger partial charge is 0.491 e. The third-order valence-electron chi connectivity index (χ3n) is 2.44. The SMILES string of the molecule is C=CCN(CC(=O)O)C(=O)c1ccc(OC(C)C)cc1. The van der Waals surface area contributed by atoms with Crippen LogP contribution in [0.4, 0.5) is 0 Å². The Kier molecular flexibility index (Phi) is 5.77. The number of carboxylic acid groups (broad SMARTS) is 1. The summed E-state index contributed by atoms with van der Waals surface area (Å²) < 4.78 is 5.49. The molecule has 1 amide bonds. The average Bonchev–Trinajstić information content (AvgIpc) is 2.37. The van der Waals surface area contributed by atoms with Crippen LogP contribution >= 0.6 is 0 Å². The molecule has 0 aliphatic heterocycles. The summed E-state index contributed by atoms with van der Waals surface area (Å²) in [6.07, 6.45) is 1.55. The molecule has 1 rings (SSSR count). The highest BCUT2D eigenvalue weighted by Crippen LogP contribution is 2.15. The van der Waals surface area contributed by atoms with Crippen LogP contribution in [-0.2, 0) is 4.79 Å². The molecule has 20 heavy (non-hydrogen) atoms. The third kappa shape index (κ3) is 4.76. The lowest BCUT2D eigenvalue weighted by Gasteiger charge is -2.19. The molecular weight excluding hydrogens is 258 g/mol. The number of carboxylic acids is 1. The number of hydrogen-bond donors (Lipinski definition) is 1. The molecule has 0 bridgehead atoms. The number of rotatable bonds is 7. The molecule has 0 atom stereocenters. The number of ether oxygens (including phenoxy) is 1. The van der Waals surface area contributed by atoms with Crippen LogP contribution in [-0.4, -0.2) is 41.1 Å². The summed E-state index contributed by atoms with van der Waals surface area (Å²) >= 11 is 0. The van der Waals surface area contributed by atoms with Crippen molar-refractivity contribution in [2.75, 3.05) is 13.1 Å². The van der Waals surface area contributed by atoms with Crippen LogP contribution in [0.1, 0.15) is 24.2 Å². The second-order valence-electron chi connectivity index (χ2n) is 4.56. The predicted octanol–water partition coefficient (Wildman–Crippen LogP) is 2.19. The maximum Gasteiger partial charge on any atom is 0.323 e. The molecule has 1 aromatic carbocycles. The Balaban J connectivity index is 2.83. The molecule has 1 N–H and O–H groups in total. The summed E-state index contributed by atoms with van der Waals surface area (Å²) in [5, 5.41) is 8.80. The Bertz CT molecular complexity index is 479. The van der Waals surface area contributed by atoms with Gasteiger partial charge < -0.3 is 14.7 Å². The first-order valence-corrected chi connectivity index (χ1v) is 6.32. The fourth-order valence-corrected chi connectivity index (χ4v) is 1.67. The van der Waals surface area contributed by atoms with Gasteiger partial charge in [-0.15, -0.1) is 6.58 Å². The van der Waals surface area contributed by atoms with Crippen molar-refractivity contribution < 1.29 is 19.4 Å². The minimum atomic E-state index is -1.06. The molecule has 0 saturated carbocycles. The van der Waals surface area contributed by atoms with Gasteiger partial charge in [-0.3, -0.25) is 9.59 Å². The van der Waals surface area contributed by atoms with Crippen LogP contribution in [0.15, 0.2) is 36.9 Å². The van der Waals surface area contributed by atoms with Gasteiger partial charge in [0.15, 0.2) is 0 Å². The van der Waals surface area contributed by atoms with Crippen molar-refractivity contribution in [1.29, 1.82) is 0 Å². The van der Waals surface area contributed by atoms with Gasteiger partial charge in [-0.1, -0.05) is 6.08 Å². The van der Waals surface area contributed by atoms with E-state index >= 15 is 0 Å². The minimum Gasteiger partial charge on any atom is -0.491 e. The third-order valence-corrected chi connectivity index (χ3v) is 2.44. The average molecular weight is 277 g/mol. The van der Waals surface area contributed by atoms with Gasteiger partial charge >= 0.3 is 5.97 Å². The van der Waals surface area contributed by atoms with E-state index in [2.05, 4.69) is 6.58 Å². The molecule has 0 aliphatic rings. The van der Waals surface area contributed by atoms with Crippen molar-refractivity contribution in [3.8, 4) is 5.75 Å². The van der Waals surface area contributed by atoms with Crippen molar-refractivity contribution >= 4 is 11.9 Å². The molecular formula is C15H19NO4. The lowest BCUT2D eigenvalue weighted by atomic mass is 10.2. The number of carbonyl (C=O) groups excluding carboxylic acids is 1. The second-order valence-corrected chi connectivity index (χ2v) is 4.56.